The number of carbonyl (C=O) groups is 1. The molecule has 0 radical (unpaired) electrons. The number of aromatic nitrogens is 1. The standard InChI is InChI=1S/C29H39N3O3/c1-18-10-11-22(33)16-24(18)29-12-13-31(3)19(2)25(29)15-20-14-23(27(34)30-26(20)17-29)28(35)32(4)21-8-6-5-7-9-21/h10-11,14,16,19,21,25,33H,5-9,12-13,15,17H2,1-4H3,(H,30,34). The van der Waals surface area contributed by atoms with Crippen molar-refractivity contribution >= 4 is 5.91 Å². The third kappa shape index (κ3) is 4.10. The predicted molar refractivity (Wildman–Crippen MR) is 138 cm³/mol. The summed E-state index contributed by atoms with van der Waals surface area (Å²) < 4.78 is 0. The SMILES string of the molecule is Cc1ccc(O)cc1C12CCN(C)C(C)C1Cc1cc(C(=O)N(C)C3CCCCC3)c(=O)[nH]c1C2. The Labute approximate surface area is 208 Å². The third-order valence-corrected chi connectivity index (χ3v) is 9.48. The number of nitrogens with zero attached hydrogens (tertiary/aromatic N) is 2. The van der Waals surface area contributed by atoms with Crippen LogP contribution in [-0.4, -0.2) is 58.5 Å². The molecule has 6 heteroatoms. The Bertz CT molecular complexity index is 1180. The molecule has 1 aromatic heterocycles. The Hall–Kier alpha value is -2.60. The van der Waals surface area contributed by atoms with Crippen LogP contribution in [0.15, 0.2) is 29.1 Å². The Morgan fingerprint density at radius 3 is 2.69 bits per heavy atom. The molecule has 5 rings (SSSR count). The second kappa shape index (κ2) is 9.12. The van der Waals surface area contributed by atoms with Crippen LogP contribution in [0.5, 0.6) is 5.75 Å². The Kier molecular flexibility index (Phi) is 6.28. The van der Waals surface area contributed by atoms with Crippen molar-refractivity contribution in [1.82, 2.24) is 14.8 Å². The highest BCUT2D eigenvalue weighted by atomic mass is 16.3. The number of fused-ring (bicyclic) bond motifs is 2. The summed E-state index contributed by atoms with van der Waals surface area (Å²) in [6.45, 7) is 5.37. The van der Waals surface area contributed by atoms with Crippen LogP contribution in [0.4, 0.5) is 0 Å². The van der Waals surface area contributed by atoms with Gasteiger partial charge in [0.25, 0.3) is 11.5 Å². The second-order valence-corrected chi connectivity index (χ2v) is 11.3. The lowest BCUT2D eigenvalue weighted by molar-refractivity contribution is 0.0447. The molecule has 1 saturated heterocycles. The van der Waals surface area contributed by atoms with Gasteiger partial charge in [0.2, 0.25) is 0 Å². The molecule has 3 atom stereocenters. The summed E-state index contributed by atoms with van der Waals surface area (Å²) in [5.74, 6) is 0.450. The highest BCUT2D eigenvalue weighted by Gasteiger charge is 2.50. The smallest absolute Gasteiger partial charge is 0.261 e. The van der Waals surface area contributed by atoms with Gasteiger partial charge in [-0.1, -0.05) is 25.3 Å². The lowest BCUT2D eigenvalue weighted by Crippen LogP contribution is -2.57. The zero-order valence-electron chi connectivity index (χ0n) is 21.6. The molecule has 6 nitrogen and oxygen atoms in total. The van der Waals surface area contributed by atoms with Crippen molar-refractivity contribution in [2.24, 2.45) is 5.92 Å². The molecule has 2 heterocycles. The van der Waals surface area contributed by atoms with Gasteiger partial charge < -0.3 is 19.9 Å². The van der Waals surface area contributed by atoms with E-state index in [1.54, 1.807) is 11.0 Å². The minimum absolute atomic E-state index is 0.157. The third-order valence-electron chi connectivity index (χ3n) is 9.48. The lowest BCUT2D eigenvalue weighted by atomic mass is 9.56. The highest BCUT2D eigenvalue weighted by Crippen LogP contribution is 2.50. The van der Waals surface area contributed by atoms with E-state index < -0.39 is 0 Å². The molecule has 188 valence electrons. The summed E-state index contributed by atoms with van der Waals surface area (Å²) in [5, 5.41) is 10.4. The maximum atomic E-state index is 13.4. The first-order valence-electron chi connectivity index (χ1n) is 13.2. The summed E-state index contributed by atoms with van der Waals surface area (Å²) in [7, 11) is 4.03. The summed E-state index contributed by atoms with van der Waals surface area (Å²) in [4.78, 5) is 34.0. The molecule has 2 aliphatic carbocycles. The van der Waals surface area contributed by atoms with E-state index in [0.29, 0.717) is 12.0 Å². The quantitative estimate of drug-likeness (QED) is 0.696. The fourth-order valence-electron chi connectivity index (χ4n) is 7.18. The number of phenols is 1. The van der Waals surface area contributed by atoms with Gasteiger partial charge in [-0.15, -0.1) is 0 Å². The van der Waals surface area contributed by atoms with Gasteiger partial charge in [-0.05, 0) is 100 Å². The van der Waals surface area contributed by atoms with Crippen LogP contribution in [-0.2, 0) is 18.3 Å². The number of benzene rings is 1. The normalized spacial score (nSPS) is 27.2. The summed E-state index contributed by atoms with van der Waals surface area (Å²) >= 11 is 0. The number of likely N-dealkylation sites (tertiary alicyclic amines) is 1. The molecule has 0 spiro atoms. The first-order chi connectivity index (χ1) is 16.7. The molecule has 1 aliphatic heterocycles. The van der Waals surface area contributed by atoms with Gasteiger partial charge in [0, 0.05) is 30.2 Å². The van der Waals surface area contributed by atoms with E-state index in [-0.39, 0.29) is 34.2 Å². The predicted octanol–water partition coefficient (Wildman–Crippen LogP) is 4.17. The monoisotopic (exact) mass is 477 g/mol. The fraction of sp³-hybridized carbons (Fsp3) is 0.586. The van der Waals surface area contributed by atoms with E-state index in [4.69, 9.17) is 0 Å². The Balaban J connectivity index is 1.55. The number of nitrogens with one attached hydrogen (secondary N) is 1. The van der Waals surface area contributed by atoms with Crippen LogP contribution < -0.4 is 5.56 Å². The number of amides is 1. The number of aromatic amines is 1. The zero-order valence-corrected chi connectivity index (χ0v) is 21.6. The zero-order chi connectivity index (χ0) is 24.9. The van der Waals surface area contributed by atoms with E-state index in [9.17, 15) is 14.7 Å². The maximum absolute atomic E-state index is 13.4. The highest BCUT2D eigenvalue weighted by molar-refractivity contribution is 5.94. The van der Waals surface area contributed by atoms with Gasteiger partial charge in [0.15, 0.2) is 0 Å². The van der Waals surface area contributed by atoms with E-state index in [0.717, 1.165) is 62.7 Å². The average molecular weight is 478 g/mol. The molecule has 1 amide bonds. The number of phenolic OH excluding ortho intramolecular Hbond substituents is 1. The van der Waals surface area contributed by atoms with Crippen molar-refractivity contribution in [3.63, 3.8) is 0 Å². The summed E-state index contributed by atoms with van der Waals surface area (Å²) in [6, 6.07) is 8.13. The number of pyridine rings is 1. The average Bonchev–Trinajstić information content (AvgIpc) is 2.86. The number of carbonyl (C=O) groups excluding carboxylic acids is 1. The fourth-order valence-corrected chi connectivity index (χ4v) is 7.18. The summed E-state index contributed by atoms with van der Waals surface area (Å²) in [5.41, 5.74) is 4.23. The topological polar surface area (TPSA) is 76.6 Å². The number of rotatable bonds is 3. The number of hydrogen-bond acceptors (Lipinski definition) is 4. The Morgan fingerprint density at radius 1 is 1.20 bits per heavy atom. The van der Waals surface area contributed by atoms with Crippen LogP contribution in [0.25, 0.3) is 0 Å². The number of piperidine rings is 1. The van der Waals surface area contributed by atoms with Crippen molar-refractivity contribution in [1.29, 1.82) is 0 Å². The van der Waals surface area contributed by atoms with E-state index in [2.05, 4.69) is 30.8 Å². The van der Waals surface area contributed by atoms with Crippen LogP contribution >= 0.6 is 0 Å². The van der Waals surface area contributed by atoms with Gasteiger partial charge in [-0.25, -0.2) is 0 Å². The van der Waals surface area contributed by atoms with Crippen molar-refractivity contribution in [2.75, 3.05) is 20.6 Å². The Morgan fingerprint density at radius 2 is 1.94 bits per heavy atom. The maximum Gasteiger partial charge on any atom is 0.261 e. The van der Waals surface area contributed by atoms with Crippen molar-refractivity contribution in [3.05, 3.63) is 62.6 Å². The van der Waals surface area contributed by atoms with E-state index in [1.165, 1.54) is 17.5 Å². The first-order valence-corrected chi connectivity index (χ1v) is 13.2. The molecule has 1 aromatic carbocycles. The molecule has 3 aliphatic rings. The van der Waals surface area contributed by atoms with Gasteiger partial charge in [0.1, 0.15) is 11.3 Å². The van der Waals surface area contributed by atoms with Crippen LogP contribution in [0.1, 0.15) is 78.2 Å². The minimum Gasteiger partial charge on any atom is -0.508 e. The van der Waals surface area contributed by atoms with Crippen molar-refractivity contribution in [2.45, 2.75) is 82.7 Å². The molecule has 3 unspecified atom stereocenters. The molecule has 1 saturated carbocycles. The minimum atomic E-state index is -0.279. The molecule has 35 heavy (non-hydrogen) atoms. The largest absolute Gasteiger partial charge is 0.508 e. The van der Waals surface area contributed by atoms with E-state index >= 15 is 0 Å². The molecule has 2 fully saturated rings. The number of hydrogen-bond donors (Lipinski definition) is 2. The molecule has 2 N–H and O–H groups in total. The van der Waals surface area contributed by atoms with Gasteiger partial charge in [-0.3, -0.25) is 9.59 Å². The molecule has 2 aromatic rings. The molecular weight excluding hydrogens is 438 g/mol. The molecular formula is C29H39N3O3. The second-order valence-electron chi connectivity index (χ2n) is 11.3. The lowest BCUT2D eigenvalue weighted by Gasteiger charge is -2.54. The van der Waals surface area contributed by atoms with E-state index in [1.807, 2.05) is 25.2 Å². The van der Waals surface area contributed by atoms with Crippen LogP contribution in [0.2, 0.25) is 0 Å². The van der Waals surface area contributed by atoms with Crippen molar-refractivity contribution in [3.8, 4) is 5.75 Å². The first kappa shape index (κ1) is 24.1. The number of aromatic hydroxyl groups is 1. The van der Waals surface area contributed by atoms with Crippen LogP contribution in [0.3, 0.4) is 0 Å². The number of H-pyrrole nitrogens is 1. The summed E-state index contributed by atoms with van der Waals surface area (Å²) in [6.07, 6.45) is 8.05. The number of aryl methyl sites for hydroxylation is 1. The van der Waals surface area contributed by atoms with Gasteiger partial charge >= 0.3 is 0 Å². The van der Waals surface area contributed by atoms with Gasteiger partial charge in [-0.2, -0.15) is 0 Å². The van der Waals surface area contributed by atoms with Gasteiger partial charge in [0.05, 0.1) is 0 Å². The van der Waals surface area contributed by atoms with Crippen molar-refractivity contribution < 1.29 is 9.90 Å². The molecule has 0 bridgehead atoms. The van der Waals surface area contributed by atoms with Crippen LogP contribution in [0, 0.1) is 12.8 Å².